The number of hydrogen-bond acceptors (Lipinski definition) is 3. The van der Waals surface area contributed by atoms with Gasteiger partial charge >= 0.3 is 0 Å². The molecule has 3 aromatic rings. The second-order valence-corrected chi connectivity index (χ2v) is 9.20. The summed E-state index contributed by atoms with van der Waals surface area (Å²) >= 11 is 0. The van der Waals surface area contributed by atoms with Crippen LogP contribution in [0.4, 0.5) is 0 Å². The monoisotopic (exact) mass is 391 g/mol. The summed E-state index contributed by atoms with van der Waals surface area (Å²) in [6.45, 7) is 4.51. The number of nitrogens with zero attached hydrogens (tertiary/aromatic N) is 1. The van der Waals surface area contributed by atoms with Crippen molar-refractivity contribution in [1.82, 2.24) is 4.31 Å². The Morgan fingerprint density at radius 2 is 1.29 bits per heavy atom. The Labute approximate surface area is 165 Å². The van der Waals surface area contributed by atoms with Crippen LogP contribution in [0.15, 0.2) is 71.6 Å². The van der Waals surface area contributed by atoms with Crippen LogP contribution in [0, 0.1) is 13.8 Å². The van der Waals surface area contributed by atoms with Gasteiger partial charge in [0.2, 0.25) is 10.0 Å². The molecule has 4 nitrogen and oxygen atoms in total. The number of benzene rings is 3. The summed E-state index contributed by atoms with van der Waals surface area (Å²) in [6, 6.07) is 19.8. The van der Waals surface area contributed by atoms with Gasteiger partial charge < -0.3 is 0 Å². The third-order valence-electron chi connectivity index (χ3n) is 5.13. The van der Waals surface area contributed by atoms with Crippen molar-refractivity contribution in [2.45, 2.75) is 31.8 Å². The molecule has 0 aliphatic carbocycles. The van der Waals surface area contributed by atoms with Gasteiger partial charge in [-0.05, 0) is 43.2 Å². The molecule has 0 spiro atoms. The van der Waals surface area contributed by atoms with Crippen LogP contribution in [0.5, 0.6) is 0 Å². The van der Waals surface area contributed by atoms with Crippen molar-refractivity contribution < 1.29 is 13.2 Å². The van der Waals surface area contributed by atoms with E-state index >= 15 is 0 Å². The minimum atomic E-state index is -3.56. The molecular weight excluding hydrogens is 370 g/mol. The third-order valence-corrected chi connectivity index (χ3v) is 6.94. The molecular formula is C23H21NO3S. The molecule has 0 fully saturated rings. The first-order valence-corrected chi connectivity index (χ1v) is 10.6. The highest BCUT2D eigenvalue weighted by Gasteiger charge is 2.31. The lowest BCUT2D eigenvalue weighted by atomic mass is 9.99. The zero-order valence-electron chi connectivity index (χ0n) is 15.8. The molecule has 5 heteroatoms. The topological polar surface area (TPSA) is 54.5 Å². The van der Waals surface area contributed by atoms with Crippen molar-refractivity contribution in [3.63, 3.8) is 0 Å². The van der Waals surface area contributed by atoms with Gasteiger partial charge in [0.05, 0.1) is 4.90 Å². The normalized spacial score (nSPS) is 14.1. The van der Waals surface area contributed by atoms with E-state index in [-0.39, 0.29) is 12.3 Å². The molecule has 0 saturated heterocycles. The standard InChI is InChI=1S/C23H21NO3S/c1-16-3-7-18(8-4-16)23(25)19-9-10-20-14-24(15-21(20)13-19)28(26,27)22-11-5-17(2)6-12-22/h3-13H,14-15H2,1-2H3. The Balaban J connectivity index is 1.59. The van der Waals surface area contributed by atoms with Crippen LogP contribution < -0.4 is 0 Å². The zero-order valence-corrected chi connectivity index (χ0v) is 16.7. The molecule has 3 aromatic carbocycles. The molecule has 1 aliphatic rings. The highest BCUT2D eigenvalue weighted by molar-refractivity contribution is 7.89. The maximum Gasteiger partial charge on any atom is 0.243 e. The quantitative estimate of drug-likeness (QED) is 0.625. The highest BCUT2D eigenvalue weighted by atomic mass is 32.2. The zero-order chi connectivity index (χ0) is 19.9. The van der Waals surface area contributed by atoms with Crippen molar-refractivity contribution in [2.75, 3.05) is 0 Å². The van der Waals surface area contributed by atoms with E-state index in [4.69, 9.17) is 0 Å². The van der Waals surface area contributed by atoms with Crippen LogP contribution in [0.2, 0.25) is 0 Å². The number of aryl methyl sites for hydroxylation is 2. The number of carbonyl (C=O) groups is 1. The fraction of sp³-hybridized carbons (Fsp3) is 0.174. The first kappa shape index (κ1) is 18.6. The molecule has 4 rings (SSSR count). The Bertz CT molecular complexity index is 1150. The summed E-state index contributed by atoms with van der Waals surface area (Å²) in [5.74, 6) is -0.0531. The molecule has 28 heavy (non-hydrogen) atoms. The van der Waals surface area contributed by atoms with E-state index in [1.165, 1.54) is 4.31 Å². The Morgan fingerprint density at radius 1 is 0.750 bits per heavy atom. The fourth-order valence-corrected chi connectivity index (χ4v) is 4.80. The SMILES string of the molecule is Cc1ccc(C(=O)c2ccc3c(c2)CN(S(=O)(=O)c2ccc(C)cc2)C3)cc1. The number of carbonyl (C=O) groups excluding carboxylic acids is 1. The Hall–Kier alpha value is -2.76. The minimum absolute atomic E-state index is 0.0531. The lowest BCUT2D eigenvalue weighted by Crippen LogP contribution is -2.25. The Kier molecular flexibility index (Phi) is 4.65. The summed E-state index contributed by atoms with van der Waals surface area (Å²) < 4.78 is 27.4. The number of ketones is 1. The van der Waals surface area contributed by atoms with Crippen LogP contribution in [0.1, 0.15) is 38.2 Å². The van der Waals surface area contributed by atoms with Crippen LogP contribution in [0.3, 0.4) is 0 Å². The average Bonchev–Trinajstić information content (AvgIpc) is 3.12. The summed E-state index contributed by atoms with van der Waals surface area (Å²) in [5, 5.41) is 0. The maximum absolute atomic E-state index is 12.9. The van der Waals surface area contributed by atoms with Gasteiger partial charge in [-0.25, -0.2) is 8.42 Å². The second-order valence-electron chi connectivity index (χ2n) is 7.26. The van der Waals surface area contributed by atoms with Crippen molar-refractivity contribution in [2.24, 2.45) is 0 Å². The molecule has 0 bridgehead atoms. The molecule has 1 heterocycles. The molecule has 0 aromatic heterocycles. The van der Waals surface area contributed by atoms with E-state index < -0.39 is 10.0 Å². The van der Waals surface area contributed by atoms with Crippen molar-refractivity contribution in [1.29, 1.82) is 0 Å². The van der Waals surface area contributed by atoms with Gasteiger partial charge in [0.1, 0.15) is 0 Å². The number of sulfonamides is 1. The molecule has 0 unspecified atom stereocenters. The summed E-state index contributed by atoms with van der Waals surface area (Å²) in [7, 11) is -3.56. The van der Waals surface area contributed by atoms with Crippen LogP contribution >= 0.6 is 0 Å². The van der Waals surface area contributed by atoms with Crippen LogP contribution in [-0.4, -0.2) is 18.5 Å². The number of rotatable bonds is 4. The lowest BCUT2D eigenvalue weighted by Gasteiger charge is -2.15. The Morgan fingerprint density at radius 3 is 1.93 bits per heavy atom. The summed E-state index contributed by atoms with van der Waals surface area (Å²) in [6.07, 6.45) is 0. The van der Waals surface area contributed by atoms with Gasteiger partial charge in [-0.1, -0.05) is 59.7 Å². The first-order valence-electron chi connectivity index (χ1n) is 9.14. The van der Waals surface area contributed by atoms with Gasteiger partial charge in [-0.3, -0.25) is 4.79 Å². The van der Waals surface area contributed by atoms with Crippen molar-refractivity contribution in [3.05, 3.63) is 100 Å². The second kappa shape index (κ2) is 7.00. The largest absolute Gasteiger partial charge is 0.289 e. The number of hydrogen-bond donors (Lipinski definition) is 0. The highest BCUT2D eigenvalue weighted by Crippen LogP contribution is 2.30. The molecule has 0 N–H and O–H groups in total. The van der Waals surface area contributed by atoms with E-state index in [2.05, 4.69) is 0 Å². The number of fused-ring (bicyclic) bond motifs is 1. The van der Waals surface area contributed by atoms with Gasteiger partial charge in [-0.15, -0.1) is 0 Å². The van der Waals surface area contributed by atoms with Crippen LogP contribution in [-0.2, 0) is 23.1 Å². The molecule has 1 aliphatic heterocycles. The molecule has 0 radical (unpaired) electrons. The van der Waals surface area contributed by atoms with E-state index in [0.717, 1.165) is 22.3 Å². The predicted octanol–water partition coefficient (Wildman–Crippen LogP) is 4.24. The van der Waals surface area contributed by atoms with Crippen molar-refractivity contribution in [3.8, 4) is 0 Å². The van der Waals surface area contributed by atoms with Crippen molar-refractivity contribution >= 4 is 15.8 Å². The van der Waals surface area contributed by atoms with Gasteiger partial charge in [0.25, 0.3) is 0 Å². The van der Waals surface area contributed by atoms with Gasteiger partial charge in [-0.2, -0.15) is 4.31 Å². The molecule has 0 saturated carbocycles. The predicted molar refractivity (Wildman–Crippen MR) is 109 cm³/mol. The molecule has 142 valence electrons. The van der Waals surface area contributed by atoms with E-state index in [0.29, 0.717) is 22.6 Å². The van der Waals surface area contributed by atoms with E-state index in [1.807, 2.05) is 50.2 Å². The third kappa shape index (κ3) is 3.39. The smallest absolute Gasteiger partial charge is 0.243 e. The maximum atomic E-state index is 12.9. The average molecular weight is 391 g/mol. The first-order chi connectivity index (χ1) is 13.3. The van der Waals surface area contributed by atoms with E-state index in [9.17, 15) is 13.2 Å². The van der Waals surface area contributed by atoms with Crippen LogP contribution in [0.25, 0.3) is 0 Å². The van der Waals surface area contributed by atoms with E-state index in [1.54, 1.807) is 30.3 Å². The minimum Gasteiger partial charge on any atom is -0.289 e. The molecule has 0 amide bonds. The molecule has 0 atom stereocenters. The fourth-order valence-electron chi connectivity index (χ4n) is 3.41. The lowest BCUT2D eigenvalue weighted by molar-refractivity contribution is 0.103. The summed E-state index contributed by atoms with van der Waals surface area (Å²) in [4.78, 5) is 13.1. The summed E-state index contributed by atoms with van der Waals surface area (Å²) in [5.41, 5.74) is 5.15. The van der Waals surface area contributed by atoms with Gasteiger partial charge in [0, 0.05) is 24.2 Å². The van der Waals surface area contributed by atoms with Gasteiger partial charge in [0.15, 0.2) is 5.78 Å².